The largest absolute Gasteiger partial charge is 0.454 e. The van der Waals surface area contributed by atoms with Crippen LogP contribution in [-0.4, -0.2) is 28.9 Å². The van der Waals surface area contributed by atoms with Gasteiger partial charge in [0.1, 0.15) is 0 Å². The lowest BCUT2D eigenvalue weighted by Gasteiger charge is -2.09. The van der Waals surface area contributed by atoms with Crippen molar-refractivity contribution in [2.24, 2.45) is 0 Å². The van der Waals surface area contributed by atoms with Crippen molar-refractivity contribution >= 4 is 11.7 Å². The van der Waals surface area contributed by atoms with E-state index in [0.717, 1.165) is 18.5 Å². The molecule has 2 heterocycles. The van der Waals surface area contributed by atoms with Crippen molar-refractivity contribution in [1.29, 1.82) is 0 Å². The van der Waals surface area contributed by atoms with Gasteiger partial charge >= 0.3 is 6.03 Å². The van der Waals surface area contributed by atoms with Crippen molar-refractivity contribution in [3.05, 3.63) is 46.6 Å². The van der Waals surface area contributed by atoms with Gasteiger partial charge in [-0.1, -0.05) is 0 Å². The van der Waals surface area contributed by atoms with Crippen molar-refractivity contribution in [2.75, 3.05) is 18.7 Å². The molecule has 4 rings (SSSR count). The lowest BCUT2D eigenvalue weighted by Crippen LogP contribution is -2.33. The molecule has 0 radical (unpaired) electrons. The molecular weight excluding hydrogens is 324 g/mol. The Morgan fingerprint density at radius 3 is 2.88 bits per heavy atom. The number of carbonyl (C=O) groups excluding carboxylic acids is 1. The maximum atomic E-state index is 12.0. The fourth-order valence-electron chi connectivity index (χ4n) is 2.65. The van der Waals surface area contributed by atoms with Crippen LogP contribution in [0.3, 0.4) is 0 Å². The molecule has 25 heavy (non-hydrogen) atoms. The summed E-state index contributed by atoms with van der Waals surface area (Å²) in [5.74, 6) is 1.71. The van der Waals surface area contributed by atoms with Gasteiger partial charge in [0.15, 0.2) is 11.5 Å². The summed E-state index contributed by atoms with van der Waals surface area (Å²) in [6.45, 7) is 0.874. The molecule has 8 nitrogen and oxygen atoms in total. The number of fused-ring (bicyclic) bond motifs is 1. The zero-order valence-corrected chi connectivity index (χ0v) is 13.5. The number of aromatic nitrogens is 2. The summed E-state index contributed by atoms with van der Waals surface area (Å²) in [6.07, 6.45) is 3.77. The third-order valence-corrected chi connectivity index (χ3v) is 4.16. The van der Waals surface area contributed by atoms with Crippen molar-refractivity contribution in [2.45, 2.75) is 25.3 Å². The van der Waals surface area contributed by atoms with Crippen LogP contribution in [0.4, 0.5) is 10.5 Å². The summed E-state index contributed by atoms with van der Waals surface area (Å²) < 4.78 is 12.0. The number of amides is 2. The molecule has 130 valence electrons. The highest BCUT2D eigenvalue weighted by atomic mass is 16.7. The van der Waals surface area contributed by atoms with Crippen LogP contribution in [0.2, 0.25) is 0 Å². The number of ether oxygens (including phenoxy) is 2. The van der Waals surface area contributed by atoms with E-state index in [1.54, 1.807) is 30.6 Å². The van der Waals surface area contributed by atoms with E-state index in [4.69, 9.17) is 9.47 Å². The second-order valence-electron chi connectivity index (χ2n) is 6.07. The quantitative estimate of drug-likeness (QED) is 0.862. The number of urea groups is 1. The summed E-state index contributed by atoms with van der Waals surface area (Å²) in [6, 6.07) is 6.41. The molecular formula is C17H18N4O4. The van der Waals surface area contributed by atoms with Gasteiger partial charge in [0.2, 0.25) is 6.79 Å². The van der Waals surface area contributed by atoms with E-state index in [9.17, 15) is 9.59 Å². The summed E-state index contributed by atoms with van der Waals surface area (Å²) in [5, 5.41) is 5.43. The van der Waals surface area contributed by atoms with Gasteiger partial charge in [-0.05, 0) is 25.0 Å². The Bertz CT molecular complexity index is 860. The molecule has 0 spiro atoms. The smallest absolute Gasteiger partial charge is 0.319 e. The lowest BCUT2D eigenvalue weighted by molar-refractivity contribution is 0.174. The van der Waals surface area contributed by atoms with Gasteiger partial charge in [-0.25, -0.2) is 9.78 Å². The first-order valence-electron chi connectivity index (χ1n) is 8.20. The van der Waals surface area contributed by atoms with Gasteiger partial charge in [0, 0.05) is 36.8 Å². The second-order valence-corrected chi connectivity index (χ2v) is 6.07. The molecule has 8 heteroatoms. The fraction of sp³-hybridized carbons (Fsp3) is 0.353. The number of benzene rings is 1. The number of anilines is 1. The van der Waals surface area contributed by atoms with E-state index in [-0.39, 0.29) is 18.4 Å². The first-order valence-corrected chi connectivity index (χ1v) is 8.20. The third-order valence-electron chi connectivity index (χ3n) is 4.16. The van der Waals surface area contributed by atoms with Crippen LogP contribution in [-0.2, 0) is 6.54 Å². The second kappa shape index (κ2) is 6.46. The van der Waals surface area contributed by atoms with Crippen LogP contribution in [0.15, 0.2) is 35.4 Å². The minimum Gasteiger partial charge on any atom is -0.454 e. The molecule has 0 saturated heterocycles. The Kier molecular flexibility index (Phi) is 4.01. The van der Waals surface area contributed by atoms with Crippen LogP contribution in [0.1, 0.15) is 24.5 Å². The zero-order valence-electron chi connectivity index (χ0n) is 13.5. The van der Waals surface area contributed by atoms with Crippen LogP contribution in [0, 0.1) is 0 Å². The summed E-state index contributed by atoms with van der Waals surface area (Å²) in [5.41, 5.74) is 1.39. The highest BCUT2D eigenvalue weighted by molar-refractivity contribution is 5.89. The molecule has 0 atom stereocenters. The average Bonchev–Trinajstić information content (AvgIpc) is 3.34. The van der Waals surface area contributed by atoms with Crippen LogP contribution in [0.5, 0.6) is 11.5 Å². The molecule has 1 aromatic heterocycles. The molecule has 2 aromatic rings. The van der Waals surface area contributed by atoms with Crippen LogP contribution >= 0.6 is 0 Å². The number of carbonyl (C=O) groups is 1. The standard InChI is InChI=1S/C17H18N4O4/c22-16-8-13(11-1-2-11)19-9-21(16)6-5-18-17(23)20-12-3-4-14-15(7-12)25-10-24-14/h3-4,7-9,11H,1-2,5-6,10H2,(H2,18,20,23). The minimum atomic E-state index is -0.352. The maximum absolute atomic E-state index is 12.0. The molecule has 1 aliphatic carbocycles. The van der Waals surface area contributed by atoms with Crippen LogP contribution in [0.25, 0.3) is 0 Å². The van der Waals surface area contributed by atoms with Crippen LogP contribution < -0.4 is 25.7 Å². The number of nitrogens with one attached hydrogen (secondary N) is 2. The van der Waals surface area contributed by atoms with E-state index >= 15 is 0 Å². The molecule has 1 saturated carbocycles. The molecule has 1 fully saturated rings. The van der Waals surface area contributed by atoms with E-state index in [1.807, 2.05) is 0 Å². The van der Waals surface area contributed by atoms with E-state index in [0.29, 0.717) is 36.2 Å². The van der Waals surface area contributed by atoms with Crippen molar-refractivity contribution in [1.82, 2.24) is 14.9 Å². The number of hydrogen-bond acceptors (Lipinski definition) is 5. The van der Waals surface area contributed by atoms with Gasteiger partial charge in [-0.2, -0.15) is 0 Å². The zero-order chi connectivity index (χ0) is 17.2. The van der Waals surface area contributed by atoms with Gasteiger partial charge in [-0.3, -0.25) is 9.36 Å². The molecule has 0 unspecified atom stereocenters. The van der Waals surface area contributed by atoms with E-state index in [1.165, 1.54) is 4.57 Å². The molecule has 2 aliphatic rings. The summed E-state index contributed by atoms with van der Waals surface area (Å²) in [4.78, 5) is 28.3. The fourth-order valence-corrected chi connectivity index (χ4v) is 2.65. The van der Waals surface area contributed by atoms with Crippen molar-refractivity contribution < 1.29 is 14.3 Å². The highest BCUT2D eigenvalue weighted by Crippen LogP contribution is 2.38. The molecule has 2 amide bonds. The topological polar surface area (TPSA) is 94.5 Å². The first-order chi connectivity index (χ1) is 12.2. The Hall–Kier alpha value is -3.03. The predicted molar refractivity (Wildman–Crippen MR) is 90.1 cm³/mol. The molecule has 1 aromatic carbocycles. The predicted octanol–water partition coefficient (Wildman–Crippen LogP) is 1.67. The first kappa shape index (κ1) is 15.5. The summed E-state index contributed by atoms with van der Waals surface area (Å²) in [7, 11) is 0. The number of hydrogen-bond donors (Lipinski definition) is 2. The normalized spacial score (nSPS) is 15.0. The van der Waals surface area contributed by atoms with Crippen molar-refractivity contribution in [3.8, 4) is 11.5 Å². The van der Waals surface area contributed by atoms with Gasteiger partial charge in [-0.15, -0.1) is 0 Å². The summed E-state index contributed by atoms with van der Waals surface area (Å²) >= 11 is 0. The third kappa shape index (κ3) is 3.57. The van der Waals surface area contributed by atoms with Gasteiger partial charge in [0.05, 0.1) is 12.0 Å². The van der Waals surface area contributed by atoms with Crippen molar-refractivity contribution in [3.63, 3.8) is 0 Å². The Labute approximate surface area is 143 Å². The van der Waals surface area contributed by atoms with E-state index < -0.39 is 0 Å². The highest BCUT2D eigenvalue weighted by Gasteiger charge is 2.25. The number of rotatable bonds is 5. The molecule has 0 bridgehead atoms. The monoisotopic (exact) mass is 342 g/mol. The minimum absolute atomic E-state index is 0.0881. The molecule has 2 N–H and O–H groups in total. The Balaban J connectivity index is 1.28. The number of nitrogens with zero attached hydrogens (tertiary/aromatic N) is 2. The lowest BCUT2D eigenvalue weighted by atomic mass is 10.3. The van der Waals surface area contributed by atoms with E-state index in [2.05, 4.69) is 15.6 Å². The Morgan fingerprint density at radius 1 is 1.24 bits per heavy atom. The molecule has 1 aliphatic heterocycles. The maximum Gasteiger partial charge on any atom is 0.319 e. The van der Waals surface area contributed by atoms with Gasteiger partial charge in [0.25, 0.3) is 5.56 Å². The Morgan fingerprint density at radius 2 is 2.08 bits per heavy atom. The van der Waals surface area contributed by atoms with Gasteiger partial charge < -0.3 is 20.1 Å². The SMILES string of the molecule is O=C(NCCn1cnc(C2CC2)cc1=O)Nc1ccc2c(c1)OCO2. The average molecular weight is 342 g/mol.